The van der Waals surface area contributed by atoms with Crippen LogP contribution in [0.2, 0.25) is 0 Å². The molecule has 0 amide bonds. The molecule has 0 bridgehead atoms. The van der Waals surface area contributed by atoms with Gasteiger partial charge in [0.15, 0.2) is 0 Å². The van der Waals surface area contributed by atoms with Crippen molar-refractivity contribution in [3.05, 3.63) is 41.5 Å². The molecule has 172 valence electrons. The van der Waals surface area contributed by atoms with Crippen LogP contribution in [0.4, 0.5) is 0 Å². The summed E-state index contributed by atoms with van der Waals surface area (Å²) in [6.07, 6.45) is 5.55. The molecule has 4 atom stereocenters. The van der Waals surface area contributed by atoms with Gasteiger partial charge in [-0.1, -0.05) is 32.1 Å². The first-order chi connectivity index (χ1) is 14.9. The number of carbonyl (C=O) groups excluding carboxylic acids is 1. The van der Waals surface area contributed by atoms with Crippen LogP contribution in [-0.4, -0.2) is 46.3 Å². The highest BCUT2D eigenvalue weighted by molar-refractivity contribution is 5.91. The lowest BCUT2D eigenvalue weighted by atomic mass is 9.60. The van der Waals surface area contributed by atoms with E-state index in [1.54, 1.807) is 14.2 Å². The first-order valence-corrected chi connectivity index (χ1v) is 11.0. The number of rotatable bonds is 10. The Morgan fingerprint density at radius 2 is 1.90 bits per heavy atom. The molecule has 1 saturated carbocycles. The third-order valence-electron chi connectivity index (χ3n) is 7.32. The lowest BCUT2D eigenvalue weighted by molar-refractivity contribution is -0.177. The van der Waals surface area contributed by atoms with Crippen molar-refractivity contribution in [1.29, 1.82) is 0 Å². The van der Waals surface area contributed by atoms with Gasteiger partial charge in [0, 0.05) is 19.1 Å². The number of benzene rings is 1. The lowest BCUT2D eigenvalue weighted by Crippen LogP contribution is -2.53. The summed E-state index contributed by atoms with van der Waals surface area (Å²) in [6, 6.07) is 7.95. The molecule has 0 saturated heterocycles. The average molecular weight is 433 g/mol. The molecule has 2 aliphatic carbocycles. The highest BCUT2D eigenvalue weighted by Crippen LogP contribution is 2.62. The third-order valence-corrected chi connectivity index (χ3v) is 7.32. The van der Waals surface area contributed by atoms with Gasteiger partial charge in [0.05, 0.1) is 26.4 Å². The largest absolute Gasteiger partial charge is 0.497 e. The summed E-state index contributed by atoms with van der Waals surface area (Å²) in [4.78, 5) is 12.6. The van der Waals surface area contributed by atoms with Crippen molar-refractivity contribution < 1.29 is 28.5 Å². The molecule has 1 aromatic rings. The molecule has 0 aromatic heterocycles. The minimum Gasteiger partial charge on any atom is -0.497 e. The van der Waals surface area contributed by atoms with Gasteiger partial charge in [-0.25, -0.2) is 4.79 Å². The highest BCUT2D eigenvalue weighted by Gasteiger charge is 2.63. The van der Waals surface area contributed by atoms with Crippen LogP contribution >= 0.6 is 0 Å². The molecule has 0 heterocycles. The van der Waals surface area contributed by atoms with Crippen LogP contribution in [0.3, 0.4) is 0 Å². The van der Waals surface area contributed by atoms with Crippen molar-refractivity contribution in [1.82, 2.24) is 0 Å². The zero-order valence-electron chi connectivity index (χ0n) is 19.4. The van der Waals surface area contributed by atoms with Gasteiger partial charge in [0.1, 0.15) is 18.1 Å². The normalized spacial score (nSPS) is 28.5. The van der Waals surface area contributed by atoms with E-state index in [2.05, 4.69) is 13.8 Å². The SMILES string of the molecule is COCO[C@]12CC[C@H]([C@H](C)COCc3ccc(OC)cc3)[C@@]1(C)CCC=C2C(=O)OC. The maximum atomic E-state index is 12.6. The topological polar surface area (TPSA) is 63.2 Å². The molecular weight excluding hydrogens is 396 g/mol. The molecule has 31 heavy (non-hydrogen) atoms. The summed E-state index contributed by atoms with van der Waals surface area (Å²) in [5.74, 6) is 1.24. The summed E-state index contributed by atoms with van der Waals surface area (Å²) in [5.41, 5.74) is 0.905. The van der Waals surface area contributed by atoms with Gasteiger partial charge in [-0.2, -0.15) is 0 Å². The van der Waals surface area contributed by atoms with Crippen molar-refractivity contribution in [3.8, 4) is 5.75 Å². The van der Waals surface area contributed by atoms with E-state index in [-0.39, 0.29) is 18.2 Å². The molecule has 0 spiro atoms. The number of fused-ring (bicyclic) bond motifs is 1. The maximum Gasteiger partial charge on any atom is 0.336 e. The number of allylic oxidation sites excluding steroid dienone is 1. The number of esters is 1. The quantitative estimate of drug-likeness (QED) is 0.400. The van der Waals surface area contributed by atoms with E-state index < -0.39 is 5.60 Å². The smallest absolute Gasteiger partial charge is 0.336 e. The second kappa shape index (κ2) is 10.2. The van der Waals surface area contributed by atoms with E-state index in [4.69, 9.17) is 23.7 Å². The van der Waals surface area contributed by atoms with Crippen molar-refractivity contribution in [2.24, 2.45) is 17.3 Å². The van der Waals surface area contributed by atoms with E-state index in [1.165, 1.54) is 7.11 Å². The van der Waals surface area contributed by atoms with Crippen molar-refractivity contribution in [2.45, 2.75) is 51.7 Å². The number of carbonyl (C=O) groups is 1. The van der Waals surface area contributed by atoms with E-state index in [9.17, 15) is 4.79 Å². The van der Waals surface area contributed by atoms with E-state index >= 15 is 0 Å². The molecule has 0 N–H and O–H groups in total. The standard InChI is InChI=1S/C25H36O6/c1-18(15-30-16-19-8-10-20(28-4)11-9-19)21-12-14-25(31-17-27-3)22(23(26)29-5)7-6-13-24(21,25)2/h7-11,18,21H,6,12-17H2,1-5H3/t18-,21-,24-,25+/m1/s1. The summed E-state index contributed by atoms with van der Waals surface area (Å²) < 4.78 is 28.0. The number of ether oxygens (including phenoxy) is 5. The van der Waals surface area contributed by atoms with Crippen LogP contribution in [0.25, 0.3) is 0 Å². The number of hydrogen-bond donors (Lipinski definition) is 0. The van der Waals surface area contributed by atoms with E-state index in [0.29, 0.717) is 30.6 Å². The van der Waals surface area contributed by atoms with Crippen LogP contribution in [0.1, 0.15) is 45.1 Å². The van der Waals surface area contributed by atoms with Crippen molar-refractivity contribution in [2.75, 3.05) is 34.7 Å². The van der Waals surface area contributed by atoms with Crippen LogP contribution < -0.4 is 4.74 Å². The Labute approximate surface area is 185 Å². The third kappa shape index (κ3) is 4.52. The Kier molecular flexibility index (Phi) is 7.78. The molecule has 1 fully saturated rings. The number of hydrogen-bond acceptors (Lipinski definition) is 6. The lowest BCUT2D eigenvalue weighted by Gasteiger charge is -2.50. The summed E-state index contributed by atoms with van der Waals surface area (Å²) in [6.45, 7) is 5.88. The minimum absolute atomic E-state index is 0.152. The molecule has 6 heteroatoms. The highest BCUT2D eigenvalue weighted by atomic mass is 16.7. The van der Waals surface area contributed by atoms with Crippen molar-refractivity contribution >= 4 is 5.97 Å². The monoisotopic (exact) mass is 432 g/mol. The Balaban J connectivity index is 1.71. The van der Waals surface area contributed by atoms with Gasteiger partial charge in [-0.15, -0.1) is 0 Å². The predicted octanol–water partition coefficient (Wildman–Crippen LogP) is 4.52. The zero-order valence-corrected chi connectivity index (χ0v) is 19.4. The summed E-state index contributed by atoms with van der Waals surface area (Å²) in [7, 11) is 4.71. The Bertz CT molecular complexity index is 773. The maximum absolute atomic E-state index is 12.6. The van der Waals surface area contributed by atoms with Gasteiger partial charge < -0.3 is 23.7 Å². The molecule has 2 aliphatic rings. The fraction of sp³-hybridized carbons (Fsp3) is 0.640. The van der Waals surface area contributed by atoms with Gasteiger partial charge in [0.2, 0.25) is 0 Å². The van der Waals surface area contributed by atoms with Crippen LogP contribution in [0, 0.1) is 17.3 Å². The zero-order chi connectivity index (χ0) is 22.5. The first-order valence-electron chi connectivity index (χ1n) is 11.0. The number of methoxy groups -OCH3 is 3. The molecule has 1 aromatic carbocycles. The van der Waals surface area contributed by atoms with Gasteiger partial charge >= 0.3 is 5.97 Å². The molecule has 3 rings (SSSR count). The Hall–Kier alpha value is -1.89. The summed E-state index contributed by atoms with van der Waals surface area (Å²) in [5, 5.41) is 0. The molecule has 0 unspecified atom stereocenters. The van der Waals surface area contributed by atoms with Gasteiger partial charge in [-0.05, 0) is 55.2 Å². The van der Waals surface area contributed by atoms with Gasteiger partial charge in [0.25, 0.3) is 0 Å². The summed E-state index contributed by atoms with van der Waals surface area (Å²) >= 11 is 0. The average Bonchev–Trinajstić information content (AvgIpc) is 3.10. The molecule has 0 radical (unpaired) electrons. The molecule has 6 nitrogen and oxygen atoms in total. The van der Waals surface area contributed by atoms with E-state index in [0.717, 1.165) is 37.0 Å². The second-order valence-corrected chi connectivity index (χ2v) is 8.93. The fourth-order valence-electron chi connectivity index (χ4n) is 5.72. The van der Waals surface area contributed by atoms with Gasteiger partial charge in [-0.3, -0.25) is 0 Å². The second-order valence-electron chi connectivity index (χ2n) is 8.93. The first kappa shape index (κ1) is 23.8. The van der Waals surface area contributed by atoms with Crippen LogP contribution in [-0.2, 0) is 30.3 Å². The van der Waals surface area contributed by atoms with E-state index in [1.807, 2.05) is 30.3 Å². The van der Waals surface area contributed by atoms with Crippen LogP contribution in [0.15, 0.2) is 35.9 Å². The molecule has 0 aliphatic heterocycles. The van der Waals surface area contributed by atoms with Crippen LogP contribution in [0.5, 0.6) is 5.75 Å². The minimum atomic E-state index is -0.677. The Morgan fingerprint density at radius 1 is 1.16 bits per heavy atom. The Morgan fingerprint density at radius 3 is 2.55 bits per heavy atom. The van der Waals surface area contributed by atoms with Crippen molar-refractivity contribution in [3.63, 3.8) is 0 Å². The predicted molar refractivity (Wildman–Crippen MR) is 118 cm³/mol. The fourth-order valence-corrected chi connectivity index (χ4v) is 5.72. The molecular formula is C25H36O6.